The van der Waals surface area contributed by atoms with Gasteiger partial charge in [0, 0.05) is 22.6 Å². The minimum absolute atomic E-state index is 0.189. The van der Waals surface area contributed by atoms with Crippen molar-refractivity contribution in [3.05, 3.63) is 149 Å². The van der Waals surface area contributed by atoms with Gasteiger partial charge >= 0.3 is 5.97 Å². The van der Waals surface area contributed by atoms with E-state index < -0.39 is 12.0 Å². The number of hydrogen-bond donors (Lipinski definition) is 0. The van der Waals surface area contributed by atoms with Crippen LogP contribution in [0.2, 0.25) is 0 Å². The number of aryl methyl sites for hydroxylation is 2. The van der Waals surface area contributed by atoms with E-state index in [1.807, 2.05) is 48.5 Å². The maximum atomic E-state index is 14.4. The van der Waals surface area contributed by atoms with Crippen LogP contribution in [-0.4, -0.2) is 21.7 Å². The van der Waals surface area contributed by atoms with Crippen LogP contribution in [-0.2, 0) is 9.53 Å². The molecule has 1 aliphatic rings. The Balaban J connectivity index is 1.60. The molecule has 3 aromatic carbocycles. The highest BCUT2D eigenvalue weighted by atomic mass is 32.1. The number of rotatable bonds is 7. The van der Waals surface area contributed by atoms with Crippen LogP contribution in [0.4, 0.5) is 0 Å². The molecule has 0 saturated carbocycles. The largest absolute Gasteiger partial charge is 0.463 e. The number of carbonyl (C=O) groups excluding carboxylic acids is 1. The van der Waals surface area contributed by atoms with Gasteiger partial charge in [0.05, 0.1) is 28.5 Å². The van der Waals surface area contributed by atoms with E-state index in [9.17, 15) is 9.59 Å². The predicted molar refractivity (Wildman–Crippen MR) is 182 cm³/mol. The quantitative estimate of drug-likeness (QED) is 0.190. The third-order valence-electron chi connectivity index (χ3n) is 8.31. The van der Waals surface area contributed by atoms with Crippen LogP contribution in [0.1, 0.15) is 71.9 Å². The zero-order valence-corrected chi connectivity index (χ0v) is 27.3. The normalized spacial score (nSPS) is 14.9. The topological polar surface area (TPSA) is 65.6 Å². The van der Waals surface area contributed by atoms with Crippen LogP contribution in [0.5, 0.6) is 0 Å². The molecule has 0 amide bonds. The average Bonchev–Trinajstić information content (AvgIpc) is 3.50. The van der Waals surface area contributed by atoms with Crippen molar-refractivity contribution in [2.24, 2.45) is 4.99 Å². The summed E-state index contributed by atoms with van der Waals surface area (Å²) >= 11 is 1.34. The first-order valence-electron chi connectivity index (χ1n) is 15.3. The molecule has 0 saturated heterocycles. The van der Waals surface area contributed by atoms with Crippen LogP contribution < -0.4 is 14.9 Å². The summed E-state index contributed by atoms with van der Waals surface area (Å²) in [5.41, 5.74) is 8.86. The first-order chi connectivity index (χ1) is 21.7. The standard InChI is InChI=1S/C38H37N3O3S/c1-7-44-37(43)33-34(28-13-9-8-10-14-28)39-38-41(35(33)29-18-16-27(17-19-29)23(2)3)36(42)32(45-38)22-30-21-25(5)40(26(30)6)31-15-11-12-24(4)20-31/h8-23,35H,7H2,1-6H3/b32-22+/t35-/m0/s1. The molecule has 45 heavy (non-hydrogen) atoms. The van der Waals surface area contributed by atoms with Gasteiger partial charge in [-0.2, -0.15) is 0 Å². The third-order valence-corrected chi connectivity index (χ3v) is 9.29. The molecule has 0 radical (unpaired) electrons. The van der Waals surface area contributed by atoms with Crippen LogP contribution in [0.15, 0.2) is 100 Å². The van der Waals surface area contributed by atoms with Gasteiger partial charge in [-0.05, 0) is 80.1 Å². The Bertz CT molecular complexity index is 2110. The van der Waals surface area contributed by atoms with E-state index in [2.05, 4.69) is 81.7 Å². The number of aromatic nitrogens is 2. The van der Waals surface area contributed by atoms with Crippen LogP contribution >= 0.6 is 11.3 Å². The minimum atomic E-state index is -0.696. The third kappa shape index (κ3) is 5.64. The average molecular weight is 616 g/mol. The monoisotopic (exact) mass is 615 g/mol. The molecule has 0 unspecified atom stereocenters. The maximum absolute atomic E-state index is 14.4. The molecule has 0 N–H and O–H groups in total. The zero-order chi connectivity index (χ0) is 31.8. The Kier molecular flexibility index (Phi) is 8.30. The van der Waals surface area contributed by atoms with E-state index in [0.717, 1.165) is 33.8 Å². The second-order valence-electron chi connectivity index (χ2n) is 11.8. The molecule has 0 aliphatic carbocycles. The fourth-order valence-electron chi connectivity index (χ4n) is 6.06. The van der Waals surface area contributed by atoms with Crippen LogP contribution in [0.3, 0.4) is 0 Å². The van der Waals surface area contributed by atoms with Gasteiger partial charge in [0.25, 0.3) is 5.56 Å². The van der Waals surface area contributed by atoms with E-state index in [1.165, 1.54) is 22.5 Å². The number of esters is 1. The van der Waals surface area contributed by atoms with Crippen molar-refractivity contribution in [2.45, 2.75) is 53.5 Å². The summed E-state index contributed by atoms with van der Waals surface area (Å²) in [4.78, 5) is 33.6. The van der Waals surface area contributed by atoms with Crippen molar-refractivity contribution in [1.29, 1.82) is 0 Å². The van der Waals surface area contributed by atoms with Gasteiger partial charge in [0.2, 0.25) is 0 Å². The molecule has 228 valence electrons. The molecule has 5 aromatic rings. The summed E-state index contributed by atoms with van der Waals surface area (Å²) < 4.78 is 10.0. The molecule has 1 atom stereocenters. The number of ether oxygens (including phenoxy) is 1. The summed E-state index contributed by atoms with van der Waals surface area (Å²) in [6.45, 7) is 12.5. The molecule has 0 bridgehead atoms. The van der Waals surface area contributed by atoms with Crippen LogP contribution in [0.25, 0.3) is 17.5 Å². The lowest BCUT2D eigenvalue weighted by atomic mass is 9.91. The Morgan fingerprint density at radius 3 is 2.38 bits per heavy atom. The van der Waals surface area contributed by atoms with Crippen molar-refractivity contribution in [1.82, 2.24) is 9.13 Å². The number of thiazole rings is 1. The molecule has 6 rings (SSSR count). The van der Waals surface area contributed by atoms with Gasteiger partial charge in [-0.3, -0.25) is 9.36 Å². The summed E-state index contributed by atoms with van der Waals surface area (Å²) in [7, 11) is 0. The van der Waals surface area contributed by atoms with Crippen molar-refractivity contribution >= 4 is 29.1 Å². The zero-order valence-electron chi connectivity index (χ0n) is 26.5. The highest BCUT2D eigenvalue weighted by Crippen LogP contribution is 2.35. The van der Waals surface area contributed by atoms with Crippen molar-refractivity contribution < 1.29 is 9.53 Å². The lowest BCUT2D eigenvalue weighted by molar-refractivity contribution is -0.138. The molecule has 0 fully saturated rings. The molecular formula is C38H37N3O3S. The first-order valence-corrected chi connectivity index (χ1v) is 16.1. The second-order valence-corrected chi connectivity index (χ2v) is 12.8. The Labute approximate surface area is 267 Å². The number of benzene rings is 3. The molecule has 3 heterocycles. The van der Waals surface area contributed by atoms with Gasteiger partial charge in [-0.25, -0.2) is 9.79 Å². The van der Waals surface area contributed by atoms with Crippen molar-refractivity contribution in [3.8, 4) is 5.69 Å². The molecule has 7 heteroatoms. The molecular weight excluding hydrogens is 579 g/mol. The van der Waals surface area contributed by atoms with Gasteiger partial charge in [-0.1, -0.05) is 91.9 Å². The minimum Gasteiger partial charge on any atom is -0.463 e. The van der Waals surface area contributed by atoms with E-state index in [1.54, 1.807) is 11.5 Å². The number of hydrogen-bond acceptors (Lipinski definition) is 5. The summed E-state index contributed by atoms with van der Waals surface area (Å²) in [6.07, 6.45) is 1.95. The van der Waals surface area contributed by atoms with E-state index >= 15 is 0 Å². The molecule has 6 nitrogen and oxygen atoms in total. The smallest absolute Gasteiger partial charge is 0.338 e. The summed E-state index contributed by atoms with van der Waals surface area (Å²) in [5.74, 6) is -0.131. The van der Waals surface area contributed by atoms with E-state index in [4.69, 9.17) is 9.73 Å². The lowest BCUT2D eigenvalue weighted by Crippen LogP contribution is -2.40. The Hall–Kier alpha value is -4.75. The second kappa shape index (κ2) is 12.3. The number of carbonyl (C=O) groups is 1. The van der Waals surface area contributed by atoms with E-state index in [-0.39, 0.29) is 12.2 Å². The Morgan fingerprint density at radius 2 is 1.71 bits per heavy atom. The first kappa shape index (κ1) is 30.3. The van der Waals surface area contributed by atoms with Gasteiger partial charge in [0.15, 0.2) is 4.80 Å². The highest BCUT2D eigenvalue weighted by molar-refractivity contribution is 7.07. The van der Waals surface area contributed by atoms with Gasteiger partial charge < -0.3 is 9.30 Å². The SMILES string of the molecule is CCOC(=O)C1=C(c2ccccc2)N=c2s/c(=C/c3cc(C)n(-c4cccc(C)c4)c3C)c(=O)n2[C@H]1c1ccc(C(C)C)cc1. The maximum Gasteiger partial charge on any atom is 0.338 e. The number of fused-ring (bicyclic) bond motifs is 1. The van der Waals surface area contributed by atoms with Crippen molar-refractivity contribution in [2.75, 3.05) is 6.61 Å². The van der Waals surface area contributed by atoms with Crippen molar-refractivity contribution in [3.63, 3.8) is 0 Å². The van der Waals surface area contributed by atoms with Crippen LogP contribution in [0, 0.1) is 20.8 Å². The Morgan fingerprint density at radius 1 is 0.978 bits per heavy atom. The lowest BCUT2D eigenvalue weighted by Gasteiger charge is -2.26. The summed E-state index contributed by atoms with van der Waals surface area (Å²) in [6, 6.07) is 27.6. The molecule has 1 aliphatic heterocycles. The fraction of sp³-hybridized carbons (Fsp3) is 0.237. The summed E-state index contributed by atoms with van der Waals surface area (Å²) in [5, 5.41) is 0. The molecule has 0 spiro atoms. The van der Waals surface area contributed by atoms with Gasteiger partial charge in [-0.15, -0.1) is 0 Å². The predicted octanol–water partition coefficient (Wildman–Crippen LogP) is 6.77. The number of nitrogens with zero attached hydrogens (tertiary/aromatic N) is 3. The highest BCUT2D eigenvalue weighted by Gasteiger charge is 2.35. The molecule has 2 aromatic heterocycles. The van der Waals surface area contributed by atoms with E-state index in [0.29, 0.717) is 26.5 Å². The van der Waals surface area contributed by atoms with Gasteiger partial charge in [0.1, 0.15) is 0 Å². The fourth-order valence-corrected chi connectivity index (χ4v) is 7.05.